The molecule has 7 heteroatoms. The van der Waals surface area contributed by atoms with Crippen LogP contribution >= 0.6 is 0 Å². The maximum atomic E-state index is 12.7. The van der Waals surface area contributed by atoms with Crippen LogP contribution in [-0.2, 0) is 25.6 Å². The van der Waals surface area contributed by atoms with Crippen LogP contribution < -0.4 is 14.5 Å². The summed E-state index contributed by atoms with van der Waals surface area (Å²) in [6.45, 7) is 2.32. The average molecular weight is 406 g/mol. The van der Waals surface area contributed by atoms with Crippen LogP contribution in [0.15, 0.2) is 48.5 Å². The van der Waals surface area contributed by atoms with Gasteiger partial charge in [-0.15, -0.1) is 0 Å². The SMILES string of the molecule is CCc1ccc(N2C[C@@H](C(=O)Oc3cccc(N4C(=O)CCC4=O)c3)CC2=O)cc1. The third-order valence-corrected chi connectivity index (χ3v) is 5.46. The fourth-order valence-corrected chi connectivity index (χ4v) is 3.78. The Balaban J connectivity index is 1.44. The first-order chi connectivity index (χ1) is 14.5. The van der Waals surface area contributed by atoms with Crippen molar-refractivity contribution in [2.75, 3.05) is 16.3 Å². The number of amides is 3. The van der Waals surface area contributed by atoms with Crippen LogP contribution in [0.2, 0.25) is 0 Å². The Morgan fingerprint density at radius 3 is 2.33 bits per heavy atom. The van der Waals surface area contributed by atoms with Crippen molar-refractivity contribution in [2.45, 2.75) is 32.6 Å². The maximum Gasteiger partial charge on any atom is 0.316 e. The molecule has 0 spiro atoms. The summed E-state index contributed by atoms with van der Waals surface area (Å²) in [5, 5.41) is 0. The fourth-order valence-electron chi connectivity index (χ4n) is 3.78. The zero-order valence-corrected chi connectivity index (χ0v) is 16.7. The maximum absolute atomic E-state index is 12.7. The fraction of sp³-hybridized carbons (Fsp3) is 0.304. The predicted molar refractivity (Wildman–Crippen MR) is 110 cm³/mol. The first-order valence-corrected chi connectivity index (χ1v) is 10.0. The van der Waals surface area contributed by atoms with Crippen LogP contribution in [0.25, 0.3) is 0 Å². The van der Waals surface area contributed by atoms with Crippen LogP contribution in [0.1, 0.15) is 31.7 Å². The van der Waals surface area contributed by atoms with Crippen molar-refractivity contribution in [3.63, 3.8) is 0 Å². The molecule has 2 aromatic carbocycles. The summed E-state index contributed by atoms with van der Waals surface area (Å²) in [6, 6.07) is 14.1. The molecule has 0 aliphatic carbocycles. The monoisotopic (exact) mass is 406 g/mol. The summed E-state index contributed by atoms with van der Waals surface area (Å²) in [7, 11) is 0. The van der Waals surface area contributed by atoms with E-state index < -0.39 is 11.9 Å². The van der Waals surface area contributed by atoms with Crippen molar-refractivity contribution in [2.24, 2.45) is 5.92 Å². The quantitative estimate of drug-likeness (QED) is 0.433. The lowest BCUT2D eigenvalue weighted by Gasteiger charge is -2.17. The zero-order valence-electron chi connectivity index (χ0n) is 16.7. The van der Waals surface area contributed by atoms with Crippen LogP contribution in [0.4, 0.5) is 11.4 Å². The molecule has 0 saturated carbocycles. The Bertz CT molecular complexity index is 999. The minimum absolute atomic E-state index is 0.0805. The highest BCUT2D eigenvalue weighted by Crippen LogP contribution is 2.29. The lowest BCUT2D eigenvalue weighted by atomic mass is 10.1. The summed E-state index contributed by atoms with van der Waals surface area (Å²) in [4.78, 5) is 51.7. The number of carbonyl (C=O) groups excluding carboxylic acids is 4. The van der Waals surface area contributed by atoms with Crippen molar-refractivity contribution in [3.05, 3.63) is 54.1 Å². The van der Waals surface area contributed by atoms with Gasteiger partial charge < -0.3 is 9.64 Å². The van der Waals surface area contributed by atoms with Gasteiger partial charge in [0.2, 0.25) is 17.7 Å². The normalized spacial score (nSPS) is 19.0. The van der Waals surface area contributed by atoms with Gasteiger partial charge in [-0.1, -0.05) is 25.1 Å². The van der Waals surface area contributed by atoms with Crippen LogP contribution in [0.3, 0.4) is 0 Å². The molecular formula is C23H22N2O5. The molecule has 0 aromatic heterocycles. The molecule has 0 unspecified atom stereocenters. The van der Waals surface area contributed by atoms with Crippen molar-refractivity contribution >= 4 is 35.1 Å². The number of carbonyl (C=O) groups is 4. The molecule has 4 rings (SSSR count). The van der Waals surface area contributed by atoms with E-state index in [-0.39, 0.29) is 49.3 Å². The minimum Gasteiger partial charge on any atom is -0.426 e. The summed E-state index contributed by atoms with van der Waals surface area (Å²) in [5.74, 6) is -1.51. The minimum atomic E-state index is -0.581. The third-order valence-electron chi connectivity index (χ3n) is 5.46. The predicted octanol–water partition coefficient (Wildman–Crippen LogP) is 2.86. The van der Waals surface area contributed by atoms with E-state index in [1.807, 2.05) is 24.3 Å². The van der Waals surface area contributed by atoms with E-state index in [1.54, 1.807) is 23.1 Å². The number of esters is 1. The van der Waals surface area contributed by atoms with Gasteiger partial charge in [0.05, 0.1) is 11.6 Å². The second-order valence-electron chi connectivity index (χ2n) is 7.47. The first kappa shape index (κ1) is 19.8. The van der Waals surface area contributed by atoms with Gasteiger partial charge in [-0.05, 0) is 36.2 Å². The number of hydrogen-bond donors (Lipinski definition) is 0. The van der Waals surface area contributed by atoms with Crippen LogP contribution in [0, 0.1) is 5.92 Å². The van der Waals surface area contributed by atoms with Gasteiger partial charge in [-0.2, -0.15) is 0 Å². The average Bonchev–Trinajstić information content (AvgIpc) is 3.30. The summed E-state index contributed by atoms with van der Waals surface area (Å²) >= 11 is 0. The molecule has 0 N–H and O–H groups in total. The third kappa shape index (κ3) is 3.83. The van der Waals surface area contributed by atoms with Gasteiger partial charge in [0.15, 0.2) is 0 Å². The Morgan fingerprint density at radius 1 is 0.967 bits per heavy atom. The Kier molecular flexibility index (Phi) is 5.35. The number of nitrogens with zero attached hydrogens (tertiary/aromatic N) is 2. The van der Waals surface area contributed by atoms with Crippen molar-refractivity contribution in [1.29, 1.82) is 0 Å². The molecule has 2 aromatic rings. The van der Waals surface area contributed by atoms with Crippen molar-refractivity contribution < 1.29 is 23.9 Å². The summed E-state index contributed by atoms with van der Waals surface area (Å²) < 4.78 is 5.47. The van der Waals surface area contributed by atoms with E-state index in [0.717, 1.165) is 17.0 Å². The number of benzene rings is 2. The number of aryl methyl sites for hydroxylation is 1. The van der Waals surface area contributed by atoms with Crippen molar-refractivity contribution in [3.8, 4) is 5.75 Å². The molecule has 2 fully saturated rings. The Morgan fingerprint density at radius 2 is 1.67 bits per heavy atom. The molecular weight excluding hydrogens is 384 g/mol. The smallest absolute Gasteiger partial charge is 0.316 e. The number of hydrogen-bond acceptors (Lipinski definition) is 5. The van der Waals surface area contributed by atoms with E-state index in [0.29, 0.717) is 5.69 Å². The van der Waals surface area contributed by atoms with Gasteiger partial charge in [-0.25, -0.2) is 0 Å². The summed E-state index contributed by atoms with van der Waals surface area (Å²) in [5.41, 5.74) is 2.32. The molecule has 0 radical (unpaired) electrons. The highest BCUT2D eigenvalue weighted by Gasteiger charge is 2.36. The molecule has 7 nitrogen and oxygen atoms in total. The molecule has 2 aliphatic heterocycles. The topological polar surface area (TPSA) is 84.0 Å². The molecule has 30 heavy (non-hydrogen) atoms. The Hall–Kier alpha value is -3.48. The standard InChI is InChI=1S/C23H22N2O5/c1-2-15-6-8-17(9-7-15)24-14-16(12-22(24)28)23(29)30-19-5-3-4-18(13-19)25-20(26)10-11-21(25)27/h3-9,13,16H,2,10-12,14H2,1H3/t16-/m0/s1. The number of anilines is 2. The second-order valence-corrected chi connectivity index (χ2v) is 7.47. The van der Waals surface area contributed by atoms with E-state index >= 15 is 0 Å². The molecule has 154 valence electrons. The molecule has 3 amide bonds. The number of ether oxygens (including phenoxy) is 1. The number of imide groups is 1. The highest BCUT2D eigenvalue weighted by molar-refractivity contribution is 6.19. The van der Waals surface area contributed by atoms with Gasteiger partial charge >= 0.3 is 5.97 Å². The second kappa shape index (κ2) is 8.10. The van der Waals surface area contributed by atoms with Crippen molar-refractivity contribution in [1.82, 2.24) is 0 Å². The lowest BCUT2D eigenvalue weighted by Crippen LogP contribution is -2.29. The molecule has 0 bridgehead atoms. The largest absolute Gasteiger partial charge is 0.426 e. The molecule has 2 aliphatic rings. The van der Waals surface area contributed by atoms with Gasteiger partial charge in [0.1, 0.15) is 5.75 Å². The number of rotatable bonds is 5. The van der Waals surface area contributed by atoms with Gasteiger partial charge in [-0.3, -0.25) is 24.1 Å². The zero-order chi connectivity index (χ0) is 21.3. The highest BCUT2D eigenvalue weighted by atomic mass is 16.5. The van der Waals surface area contributed by atoms with E-state index in [4.69, 9.17) is 4.74 Å². The van der Waals surface area contributed by atoms with E-state index in [1.165, 1.54) is 11.6 Å². The molecule has 2 saturated heterocycles. The van der Waals surface area contributed by atoms with Crippen LogP contribution in [-0.4, -0.2) is 30.2 Å². The molecule has 1 atom stereocenters. The van der Waals surface area contributed by atoms with Crippen LogP contribution in [0.5, 0.6) is 5.75 Å². The van der Waals surface area contributed by atoms with Gasteiger partial charge in [0.25, 0.3) is 0 Å². The van der Waals surface area contributed by atoms with E-state index in [2.05, 4.69) is 6.92 Å². The lowest BCUT2D eigenvalue weighted by molar-refractivity contribution is -0.139. The summed E-state index contributed by atoms with van der Waals surface area (Å²) in [6.07, 6.45) is 1.36. The Labute approximate surface area is 174 Å². The molecule has 2 heterocycles. The van der Waals surface area contributed by atoms with E-state index in [9.17, 15) is 19.2 Å². The van der Waals surface area contributed by atoms with Gasteiger partial charge in [0, 0.05) is 37.6 Å². The first-order valence-electron chi connectivity index (χ1n) is 10.0.